The maximum atomic E-state index is 8.61. The Morgan fingerprint density at radius 1 is 1.15 bits per heavy atom. The van der Waals surface area contributed by atoms with Crippen molar-refractivity contribution in [2.45, 2.75) is 58.4 Å². The highest BCUT2D eigenvalue weighted by molar-refractivity contribution is 5.00. The molecular weight excluding hydrogens is 162 g/mol. The van der Waals surface area contributed by atoms with Gasteiger partial charge in [-0.15, -0.1) is 0 Å². The molecule has 0 aliphatic heterocycles. The largest absolute Gasteiger partial charge is 0.0867 e. The summed E-state index contributed by atoms with van der Waals surface area (Å²) in [6, 6.07) is 0. The molecule has 74 valence electrons. The minimum atomic E-state index is -0.125. The summed E-state index contributed by atoms with van der Waals surface area (Å²) in [6.07, 6.45) is 5.81. The number of azide groups is 1. The first-order chi connectivity index (χ1) is 6.02. The summed E-state index contributed by atoms with van der Waals surface area (Å²) in [4.78, 5) is 3.02. The molecule has 0 heterocycles. The summed E-state index contributed by atoms with van der Waals surface area (Å²) in [6.45, 7) is 6.52. The normalized spacial score (nSPS) is 22.1. The third-order valence-electron chi connectivity index (χ3n) is 3.31. The molecule has 3 heteroatoms. The number of hydrogen-bond donors (Lipinski definition) is 0. The van der Waals surface area contributed by atoms with E-state index >= 15 is 0 Å². The Bertz CT molecular complexity index is 215. The van der Waals surface area contributed by atoms with Gasteiger partial charge in [-0.2, -0.15) is 0 Å². The van der Waals surface area contributed by atoms with E-state index in [-0.39, 0.29) is 11.0 Å². The average molecular weight is 181 g/mol. The highest BCUT2D eigenvalue weighted by atomic mass is 15.2. The Hall–Kier alpha value is -0.690. The zero-order valence-corrected chi connectivity index (χ0v) is 8.88. The monoisotopic (exact) mass is 181 g/mol. The van der Waals surface area contributed by atoms with Gasteiger partial charge in [-0.05, 0) is 23.8 Å². The number of nitrogens with zero attached hydrogens (tertiary/aromatic N) is 3. The molecule has 0 spiro atoms. The van der Waals surface area contributed by atoms with Crippen LogP contribution in [0.5, 0.6) is 0 Å². The lowest BCUT2D eigenvalue weighted by Gasteiger charge is -2.43. The summed E-state index contributed by atoms with van der Waals surface area (Å²) in [5, 5.41) is 4.07. The van der Waals surface area contributed by atoms with Crippen molar-refractivity contribution in [2.24, 2.45) is 10.5 Å². The molecule has 0 atom stereocenters. The van der Waals surface area contributed by atoms with Gasteiger partial charge in [0.1, 0.15) is 0 Å². The van der Waals surface area contributed by atoms with Crippen molar-refractivity contribution in [3.05, 3.63) is 10.4 Å². The van der Waals surface area contributed by atoms with Crippen LogP contribution in [-0.4, -0.2) is 5.54 Å². The zero-order valence-electron chi connectivity index (χ0n) is 8.88. The van der Waals surface area contributed by atoms with Gasteiger partial charge in [0.05, 0.1) is 5.54 Å². The minimum Gasteiger partial charge on any atom is -0.0867 e. The predicted octanol–water partition coefficient (Wildman–Crippen LogP) is 4.05. The van der Waals surface area contributed by atoms with Crippen LogP contribution in [0.1, 0.15) is 52.9 Å². The molecule has 13 heavy (non-hydrogen) atoms. The van der Waals surface area contributed by atoms with E-state index < -0.39 is 0 Å². The fourth-order valence-corrected chi connectivity index (χ4v) is 2.22. The first-order valence-corrected chi connectivity index (χ1v) is 5.08. The Balaban J connectivity index is 2.92. The molecule has 1 fully saturated rings. The summed E-state index contributed by atoms with van der Waals surface area (Å²) < 4.78 is 0. The topological polar surface area (TPSA) is 48.8 Å². The van der Waals surface area contributed by atoms with Crippen LogP contribution in [0, 0.1) is 5.41 Å². The average Bonchev–Trinajstić information content (AvgIpc) is 2.04. The van der Waals surface area contributed by atoms with Crippen LogP contribution in [0.15, 0.2) is 5.11 Å². The lowest BCUT2D eigenvalue weighted by Crippen LogP contribution is -2.42. The van der Waals surface area contributed by atoms with Crippen LogP contribution in [0.2, 0.25) is 0 Å². The van der Waals surface area contributed by atoms with Crippen LogP contribution in [0.3, 0.4) is 0 Å². The molecule has 3 nitrogen and oxygen atoms in total. The van der Waals surface area contributed by atoms with E-state index in [0.717, 1.165) is 12.8 Å². The summed E-state index contributed by atoms with van der Waals surface area (Å²) in [7, 11) is 0. The molecule has 1 rings (SSSR count). The van der Waals surface area contributed by atoms with E-state index in [4.69, 9.17) is 5.53 Å². The van der Waals surface area contributed by atoms with Crippen LogP contribution in [0.4, 0.5) is 0 Å². The highest BCUT2D eigenvalue weighted by Crippen LogP contribution is 2.45. The fraction of sp³-hybridized carbons (Fsp3) is 1.00. The quantitative estimate of drug-likeness (QED) is 0.333. The SMILES string of the molecule is CC(C)(C)C1(N=[N+]=[N-])CCCCC1. The van der Waals surface area contributed by atoms with Gasteiger partial charge in [0, 0.05) is 4.91 Å². The molecule has 0 aromatic carbocycles. The fourth-order valence-electron chi connectivity index (χ4n) is 2.22. The van der Waals surface area contributed by atoms with Crippen molar-refractivity contribution in [1.29, 1.82) is 0 Å². The molecule has 0 unspecified atom stereocenters. The standard InChI is InChI=1S/C10H19N3/c1-9(2,3)10(12-13-11)7-5-4-6-8-10/h4-8H2,1-3H3. The Labute approximate surface area is 80.2 Å². The lowest BCUT2D eigenvalue weighted by molar-refractivity contribution is 0.133. The van der Waals surface area contributed by atoms with E-state index in [2.05, 4.69) is 30.8 Å². The molecule has 0 amide bonds. The van der Waals surface area contributed by atoms with Crippen molar-refractivity contribution < 1.29 is 0 Å². The zero-order chi connectivity index (χ0) is 9.95. The Morgan fingerprint density at radius 3 is 2.08 bits per heavy atom. The maximum Gasteiger partial charge on any atom is 0.0536 e. The maximum absolute atomic E-state index is 8.61. The van der Waals surface area contributed by atoms with E-state index in [1.165, 1.54) is 19.3 Å². The van der Waals surface area contributed by atoms with Gasteiger partial charge in [0.25, 0.3) is 0 Å². The third kappa shape index (κ3) is 1.97. The second kappa shape index (κ2) is 3.59. The van der Waals surface area contributed by atoms with Crippen LogP contribution < -0.4 is 0 Å². The van der Waals surface area contributed by atoms with Gasteiger partial charge >= 0.3 is 0 Å². The third-order valence-corrected chi connectivity index (χ3v) is 3.31. The first kappa shape index (κ1) is 10.4. The minimum absolute atomic E-state index is 0.0969. The van der Waals surface area contributed by atoms with Crippen molar-refractivity contribution >= 4 is 0 Å². The second-order valence-electron chi connectivity index (χ2n) is 5.03. The highest BCUT2D eigenvalue weighted by Gasteiger charge is 2.41. The number of hydrogen-bond acceptors (Lipinski definition) is 1. The van der Waals surface area contributed by atoms with Crippen LogP contribution in [0.25, 0.3) is 10.4 Å². The van der Waals surface area contributed by atoms with Gasteiger partial charge in [-0.1, -0.05) is 45.1 Å². The molecule has 1 saturated carbocycles. The lowest BCUT2D eigenvalue weighted by atomic mass is 9.66. The Morgan fingerprint density at radius 2 is 1.69 bits per heavy atom. The summed E-state index contributed by atoms with van der Waals surface area (Å²) in [5.74, 6) is 0. The molecule has 0 aromatic rings. The Kier molecular flexibility index (Phi) is 2.87. The smallest absolute Gasteiger partial charge is 0.0536 e. The van der Waals surface area contributed by atoms with Crippen molar-refractivity contribution in [3.63, 3.8) is 0 Å². The molecule has 0 bridgehead atoms. The second-order valence-corrected chi connectivity index (χ2v) is 5.03. The predicted molar refractivity (Wildman–Crippen MR) is 54.4 cm³/mol. The molecule has 0 saturated heterocycles. The molecule has 1 aliphatic carbocycles. The van der Waals surface area contributed by atoms with Crippen LogP contribution in [-0.2, 0) is 0 Å². The van der Waals surface area contributed by atoms with Gasteiger partial charge in [-0.3, -0.25) is 0 Å². The van der Waals surface area contributed by atoms with Crippen molar-refractivity contribution in [1.82, 2.24) is 0 Å². The molecule has 1 aliphatic rings. The van der Waals surface area contributed by atoms with E-state index in [1.54, 1.807) is 0 Å². The van der Waals surface area contributed by atoms with Crippen LogP contribution >= 0.6 is 0 Å². The van der Waals surface area contributed by atoms with E-state index in [0.29, 0.717) is 0 Å². The van der Waals surface area contributed by atoms with Crippen molar-refractivity contribution in [2.75, 3.05) is 0 Å². The molecule has 0 N–H and O–H groups in total. The molecular formula is C10H19N3. The van der Waals surface area contributed by atoms with Gasteiger partial charge in [0.15, 0.2) is 0 Å². The van der Waals surface area contributed by atoms with E-state index in [1.807, 2.05) is 0 Å². The van der Waals surface area contributed by atoms with Crippen molar-refractivity contribution in [3.8, 4) is 0 Å². The van der Waals surface area contributed by atoms with Gasteiger partial charge in [-0.25, -0.2) is 0 Å². The summed E-state index contributed by atoms with van der Waals surface area (Å²) in [5.41, 5.74) is 8.58. The van der Waals surface area contributed by atoms with Gasteiger partial charge in [0.2, 0.25) is 0 Å². The van der Waals surface area contributed by atoms with E-state index in [9.17, 15) is 0 Å². The first-order valence-electron chi connectivity index (χ1n) is 5.08. The summed E-state index contributed by atoms with van der Waals surface area (Å²) >= 11 is 0. The molecule has 0 radical (unpaired) electrons. The number of rotatable bonds is 1. The molecule has 0 aromatic heterocycles. The van der Waals surface area contributed by atoms with Gasteiger partial charge < -0.3 is 0 Å².